The fourth-order valence-corrected chi connectivity index (χ4v) is 4.69. The first-order valence-corrected chi connectivity index (χ1v) is 8.82. The predicted molar refractivity (Wildman–Crippen MR) is 82.2 cm³/mol. The highest BCUT2D eigenvalue weighted by Gasteiger charge is 2.35. The second-order valence-electron chi connectivity index (χ2n) is 5.58. The van der Waals surface area contributed by atoms with E-state index in [0.717, 1.165) is 23.0 Å². The number of benzene rings is 1. The molecule has 110 valence electrons. The number of carbonyl (C=O) groups is 1. The number of aromatic nitrogens is 1. The number of sulfone groups is 1. The number of fused-ring (bicyclic) bond motifs is 1. The van der Waals surface area contributed by atoms with Crippen molar-refractivity contribution in [2.75, 3.05) is 5.75 Å². The molecule has 0 bridgehead atoms. The van der Waals surface area contributed by atoms with Crippen LogP contribution in [-0.4, -0.2) is 30.2 Å². The molecule has 5 heteroatoms. The van der Waals surface area contributed by atoms with Crippen molar-refractivity contribution in [3.8, 4) is 0 Å². The first-order valence-electron chi connectivity index (χ1n) is 7.10. The molecule has 2 heterocycles. The molecule has 4 nitrogen and oxygen atoms in total. The number of carbonyl (C=O) groups excluding carboxylic acids is 1. The van der Waals surface area contributed by atoms with Gasteiger partial charge < -0.3 is 0 Å². The highest BCUT2D eigenvalue weighted by molar-refractivity contribution is 7.92. The molecule has 1 aromatic carbocycles. The zero-order chi connectivity index (χ0) is 15.0. The van der Waals surface area contributed by atoms with Gasteiger partial charge in [0, 0.05) is 16.6 Å². The first kappa shape index (κ1) is 14.2. The van der Waals surface area contributed by atoms with Crippen LogP contribution in [0.15, 0.2) is 30.3 Å². The zero-order valence-corrected chi connectivity index (χ0v) is 12.7. The van der Waals surface area contributed by atoms with E-state index in [9.17, 15) is 13.2 Å². The van der Waals surface area contributed by atoms with Crippen molar-refractivity contribution in [1.29, 1.82) is 0 Å². The van der Waals surface area contributed by atoms with E-state index < -0.39 is 15.1 Å². The Hall–Kier alpha value is -1.75. The van der Waals surface area contributed by atoms with Gasteiger partial charge in [-0.3, -0.25) is 9.78 Å². The summed E-state index contributed by atoms with van der Waals surface area (Å²) in [7, 11) is -3.30. The Labute approximate surface area is 124 Å². The van der Waals surface area contributed by atoms with Gasteiger partial charge in [-0.25, -0.2) is 8.42 Å². The van der Waals surface area contributed by atoms with Crippen LogP contribution in [0.5, 0.6) is 0 Å². The summed E-state index contributed by atoms with van der Waals surface area (Å²) in [6.07, 6.45) is 1.89. The summed E-state index contributed by atoms with van der Waals surface area (Å²) >= 11 is 0. The van der Waals surface area contributed by atoms with E-state index in [4.69, 9.17) is 0 Å². The summed E-state index contributed by atoms with van der Waals surface area (Å²) in [6, 6.07) is 9.00. The van der Waals surface area contributed by atoms with Gasteiger partial charge in [-0.05, 0) is 44.0 Å². The molecule has 1 unspecified atom stereocenters. The van der Waals surface area contributed by atoms with Crippen molar-refractivity contribution in [1.82, 2.24) is 4.98 Å². The van der Waals surface area contributed by atoms with Gasteiger partial charge in [-0.2, -0.15) is 0 Å². The molecule has 1 aliphatic rings. The van der Waals surface area contributed by atoms with Gasteiger partial charge in [0.05, 0.1) is 11.3 Å². The zero-order valence-electron chi connectivity index (χ0n) is 11.9. The van der Waals surface area contributed by atoms with Crippen molar-refractivity contribution < 1.29 is 13.2 Å². The van der Waals surface area contributed by atoms with E-state index in [1.807, 2.05) is 19.1 Å². The van der Waals surface area contributed by atoms with Crippen LogP contribution in [0, 0.1) is 6.92 Å². The topological polar surface area (TPSA) is 64.1 Å². The number of hydrogen-bond acceptors (Lipinski definition) is 4. The molecule has 2 aromatic rings. The maximum absolute atomic E-state index is 12.5. The highest BCUT2D eigenvalue weighted by Crippen LogP contribution is 2.24. The summed E-state index contributed by atoms with van der Waals surface area (Å²) in [4.78, 5) is 16.9. The molecule has 0 N–H and O–H groups in total. The summed E-state index contributed by atoms with van der Waals surface area (Å²) in [5.74, 6) is -0.158. The number of aryl methyl sites for hydroxylation is 1. The third kappa shape index (κ3) is 2.70. The van der Waals surface area contributed by atoms with E-state index in [1.165, 1.54) is 0 Å². The second kappa shape index (κ2) is 5.22. The Morgan fingerprint density at radius 2 is 2.00 bits per heavy atom. The number of ketones is 1. The van der Waals surface area contributed by atoms with Gasteiger partial charge in [-0.1, -0.05) is 12.5 Å². The van der Waals surface area contributed by atoms with E-state index in [1.54, 1.807) is 18.2 Å². The number of Topliss-reactive ketones (excluding diaryl/α,β-unsaturated/α-hetero) is 1. The maximum atomic E-state index is 12.5. The van der Waals surface area contributed by atoms with Gasteiger partial charge in [0.1, 0.15) is 5.25 Å². The number of nitrogens with zero attached hydrogens (tertiary/aromatic N) is 1. The molecule has 1 atom stereocenters. The monoisotopic (exact) mass is 303 g/mol. The van der Waals surface area contributed by atoms with Crippen molar-refractivity contribution in [3.05, 3.63) is 41.6 Å². The van der Waals surface area contributed by atoms with Gasteiger partial charge in [-0.15, -0.1) is 0 Å². The van der Waals surface area contributed by atoms with Crippen LogP contribution in [-0.2, 0) is 9.84 Å². The third-order valence-corrected chi connectivity index (χ3v) is 6.16. The van der Waals surface area contributed by atoms with E-state index >= 15 is 0 Å². The van der Waals surface area contributed by atoms with Gasteiger partial charge in [0.25, 0.3) is 0 Å². The largest absolute Gasteiger partial charge is 0.293 e. The quantitative estimate of drug-likeness (QED) is 0.800. The van der Waals surface area contributed by atoms with Gasteiger partial charge in [0.2, 0.25) is 0 Å². The molecule has 0 amide bonds. The van der Waals surface area contributed by atoms with Crippen LogP contribution < -0.4 is 0 Å². The Morgan fingerprint density at radius 1 is 1.19 bits per heavy atom. The van der Waals surface area contributed by atoms with Crippen LogP contribution in [0.4, 0.5) is 0 Å². The fraction of sp³-hybridized carbons (Fsp3) is 0.375. The molecule has 0 spiro atoms. The molecule has 0 aliphatic carbocycles. The maximum Gasteiger partial charge on any atom is 0.180 e. The van der Waals surface area contributed by atoms with Crippen molar-refractivity contribution in [3.63, 3.8) is 0 Å². The van der Waals surface area contributed by atoms with Crippen LogP contribution in [0.1, 0.15) is 35.3 Å². The lowest BCUT2D eigenvalue weighted by atomic mass is 10.0. The van der Waals surface area contributed by atoms with Gasteiger partial charge in [0.15, 0.2) is 15.6 Å². The average Bonchev–Trinajstić information content (AvgIpc) is 2.45. The fourth-order valence-electron chi connectivity index (χ4n) is 2.82. The van der Waals surface area contributed by atoms with Crippen LogP contribution >= 0.6 is 0 Å². The van der Waals surface area contributed by atoms with Crippen LogP contribution in [0.3, 0.4) is 0 Å². The minimum atomic E-state index is -3.30. The lowest BCUT2D eigenvalue weighted by Crippen LogP contribution is -2.35. The average molecular weight is 303 g/mol. The first-order chi connectivity index (χ1) is 9.97. The summed E-state index contributed by atoms with van der Waals surface area (Å²) < 4.78 is 24.1. The standard InChI is InChI=1S/C16H17NO3S/c1-11-5-6-12-10-13(7-8-14(12)17-11)16(18)15-4-2-3-9-21(15,19)20/h5-8,10,15H,2-4,9H2,1H3. The second-order valence-corrected chi connectivity index (χ2v) is 7.88. The number of pyridine rings is 1. The lowest BCUT2D eigenvalue weighted by Gasteiger charge is -2.21. The molecular formula is C16H17NO3S. The summed E-state index contributed by atoms with van der Waals surface area (Å²) in [6.45, 7) is 1.91. The molecule has 3 rings (SSSR count). The number of rotatable bonds is 2. The van der Waals surface area contributed by atoms with Crippen molar-refractivity contribution >= 4 is 26.5 Å². The molecule has 0 radical (unpaired) electrons. The van der Waals surface area contributed by atoms with E-state index in [0.29, 0.717) is 18.4 Å². The molecule has 21 heavy (non-hydrogen) atoms. The van der Waals surface area contributed by atoms with Gasteiger partial charge >= 0.3 is 0 Å². The Balaban J connectivity index is 2.00. The summed E-state index contributed by atoms with van der Waals surface area (Å²) in [5, 5.41) is -0.0123. The molecule has 1 aliphatic heterocycles. The third-order valence-electron chi connectivity index (χ3n) is 3.98. The highest BCUT2D eigenvalue weighted by atomic mass is 32.2. The smallest absolute Gasteiger partial charge is 0.180 e. The van der Waals surface area contributed by atoms with Crippen LogP contribution in [0.25, 0.3) is 10.9 Å². The minimum absolute atomic E-state index is 0.123. The molecule has 1 saturated heterocycles. The minimum Gasteiger partial charge on any atom is -0.293 e. The molecule has 1 fully saturated rings. The molecule has 0 saturated carbocycles. The predicted octanol–water partition coefficient (Wildman–Crippen LogP) is 2.69. The van der Waals surface area contributed by atoms with E-state index in [-0.39, 0.29) is 11.5 Å². The SMILES string of the molecule is Cc1ccc2cc(C(=O)C3CCCCS3(=O)=O)ccc2n1. The normalized spacial score (nSPS) is 21.3. The Kier molecular flexibility index (Phi) is 3.53. The van der Waals surface area contributed by atoms with Crippen LogP contribution in [0.2, 0.25) is 0 Å². The van der Waals surface area contributed by atoms with Crippen molar-refractivity contribution in [2.24, 2.45) is 0 Å². The molecule has 1 aromatic heterocycles. The Morgan fingerprint density at radius 3 is 2.76 bits per heavy atom. The lowest BCUT2D eigenvalue weighted by molar-refractivity contribution is 0.0981. The summed E-state index contributed by atoms with van der Waals surface area (Å²) in [5.41, 5.74) is 2.19. The molecular weight excluding hydrogens is 286 g/mol. The van der Waals surface area contributed by atoms with E-state index in [2.05, 4.69) is 4.98 Å². The number of hydrogen-bond donors (Lipinski definition) is 0. The Bertz CT molecular complexity index is 811. The van der Waals surface area contributed by atoms with Crippen molar-refractivity contribution in [2.45, 2.75) is 31.4 Å².